The highest BCUT2D eigenvalue weighted by atomic mass is 19.4. The van der Waals surface area contributed by atoms with Gasteiger partial charge in [-0.05, 0) is 49.6 Å². The van der Waals surface area contributed by atoms with Crippen LogP contribution in [0.3, 0.4) is 0 Å². The third-order valence-electron chi connectivity index (χ3n) is 7.26. The molecule has 5 rings (SSSR count). The highest BCUT2D eigenvalue weighted by Gasteiger charge is 2.49. The summed E-state index contributed by atoms with van der Waals surface area (Å²) < 4.78 is 44.7. The fraction of sp³-hybridized carbons (Fsp3) is 0.346. The number of amides is 2. The zero-order chi connectivity index (χ0) is 25.5. The predicted molar refractivity (Wildman–Crippen MR) is 127 cm³/mol. The summed E-state index contributed by atoms with van der Waals surface area (Å²) in [5, 5.41) is 6.75. The molecule has 2 amide bonds. The predicted octanol–water partition coefficient (Wildman–Crippen LogP) is 4.76. The van der Waals surface area contributed by atoms with Crippen molar-refractivity contribution in [2.45, 2.75) is 25.4 Å². The smallest absolute Gasteiger partial charge is 0.416 e. The van der Waals surface area contributed by atoms with Crippen LogP contribution >= 0.6 is 0 Å². The number of benzene rings is 2. The minimum Gasteiger partial charge on any atom is -0.496 e. The average Bonchev–Trinajstić information content (AvgIpc) is 3.52. The molecule has 2 aliphatic heterocycles. The zero-order valence-electron chi connectivity index (χ0n) is 19.6. The number of piperidine rings is 1. The van der Waals surface area contributed by atoms with Gasteiger partial charge in [-0.15, -0.1) is 0 Å². The fourth-order valence-corrected chi connectivity index (χ4v) is 5.16. The molecule has 0 atom stereocenters. The number of methoxy groups -OCH3 is 1. The molecule has 36 heavy (non-hydrogen) atoms. The van der Waals surface area contributed by atoms with Crippen LogP contribution in [0.4, 0.5) is 18.9 Å². The molecular formula is C26H25F3N4O3. The van der Waals surface area contributed by atoms with Crippen molar-refractivity contribution in [2.75, 3.05) is 31.6 Å². The highest BCUT2D eigenvalue weighted by molar-refractivity contribution is 6.01. The summed E-state index contributed by atoms with van der Waals surface area (Å²) >= 11 is 0. The summed E-state index contributed by atoms with van der Waals surface area (Å²) in [4.78, 5) is 29.7. The molecule has 2 aliphatic rings. The number of aromatic amines is 1. The van der Waals surface area contributed by atoms with Crippen molar-refractivity contribution >= 4 is 17.5 Å². The lowest BCUT2D eigenvalue weighted by molar-refractivity contribution is -0.137. The van der Waals surface area contributed by atoms with Crippen LogP contribution in [0.5, 0.6) is 5.75 Å². The zero-order valence-corrected chi connectivity index (χ0v) is 19.6. The van der Waals surface area contributed by atoms with Gasteiger partial charge in [-0.25, -0.2) is 0 Å². The van der Waals surface area contributed by atoms with Gasteiger partial charge in [0.1, 0.15) is 5.75 Å². The van der Waals surface area contributed by atoms with Crippen molar-refractivity contribution in [1.82, 2.24) is 15.1 Å². The van der Waals surface area contributed by atoms with E-state index in [1.165, 1.54) is 12.1 Å². The second kappa shape index (κ2) is 9.00. The minimum atomic E-state index is -4.51. The average molecular weight is 499 g/mol. The van der Waals surface area contributed by atoms with E-state index in [0.29, 0.717) is 44.6 Å². The molecule has 1 N–H and O–H groups in total. The molecule has 1 aromatic heterocycles. The van der Waals surface area contributed by atoms with Crippen molar-refractivity contribution in [1.29, 1.82) is 0 Å². The maximum Gasteiger partial charge on any atom is 0.416 e. The van der Waals surface area contributed by atoms with Crippen LogP contribution in [-0.2, 0) is 11.0 Å². The first-order valence-corrected chi connectivity index (χ1v) is 11.7. The van der Waals surface area contributed by atoms with Crippen LogP contribution < -0.4 is 9.64 Å². The van der Waals surface area contributed by atoms with Gasteiger partial charge in [0.2, 0.25) is 5.91 Å². The van der Waals surface area contributed by atoms with Gasteiger partial charge < -0.3 is 14.5 Å². The van der Waals surface area contributed by atoms with E-state index in [2.05, 4.69) is 10.2 Å². The Bertz CT molecular complexity index is 1280. The number of hydrogen-bond donors (Lipinski definition) is 1. The van der Waals surface area contributed by atoms with Crippen LogP contribution in [-0.4, -0.2) is 53.7 Å². The third kappa shape index (κ3) is 4.20. The molecule has 1 spiro atoms. The number of ether oxygens (including phenoxy) is 1. The molecule has 0 saturated carbocycles. The Morgan fingerprint density at radius 2 is 1.83 bits per heavy atom. The number of hydrogen-bond acceptors (Lipinski definition) is 4. The Labute approximate surface area is 205 Å². The number of carbonyl (C=O) groups excluding carboxylic acids is 2. The van der Waals surface area contributed by atoms with Crippen LogP contribution in [0.2, 0.25) is 0 Å². The second-order valence-corrected chi connectivity index (χ2v) is 9.23. The van der Waals surface area contributed by atoms with Gasteiger partial charge in [-0.1, -0.05) is 6.07 Å². The first-order valence-electron chi connectivity index (χ1n) is 11.7. The molecule has 2 saturated heterocycles. The first-order chi connectivity index (χ1) is 17.2. The van der Waals surface area contributed by atoms with E-state index in [1.807, 2.05) is 18.2 Å². The summed E-state index contributed by atoms with van der Waals surface area (Å²) in [5.41, 5.74) is 1.05. The number of H-pyrrole nitrogens is 1. The molecule has 0 radical (unpaired) electrons. The van der Waals surface area contributed by atoms with Gasteiger partial charge in [-0.2, -0.15) is 18.3 Å². The fourth-order valence-electron chi connectivity index (χ4n) is 5.16. The number of nitrogens with zero attached hydrogens (tertiary/aromatic N) is 3. The number of halogens is 3. The second-order valence-electron chi connectivity index (χ2n) is 9.23. The quantitative estimate of drug-likeness (QED) is 0.563. The topological polar surface area (TPSA) is 78.5 Å². The van der Waals surface area contributed by atoms with Crippen molar-refractivity contribution < 1.29 is 27.5 Å². The maximum atomic E-state index is 13.5. The van der Waals surface area contributed by atoms with E-state index < -0.39 is 23.1 Å². The van der Waals surface area contributed by atoms with E-state index in [1.54, 1.807) is 29.3 Å². The van der Waals surface area contributed by atoms with Crippen LogP contribution in [0.1, 0.15) is 35.2 Å². The molecule has 188 valence electrons. The lowest BCUT2D eigenvalue weighted by Crippen LogP contribution is -2.46. The summed E-state index contributed by atoms with van der Waals surface area (Å²) in [6.07, 6.45) is 0.545. The number of aromatic nitrogens is 2. The van der Waals surface area contributed by atoms with Gasteiger partial charge in [-0.3, -0.25) is 14.7 Å². The molecule has 3 heterocycles. The van der Waals surface area contributed by atoms with E-state index in [9.17, 15) is 22.8 Å². The van der Waals surface area contributed by atoms with Crippen LogP contribution in [0, 0.1) is 5.41 Å². The molecule has 0 aliphatic carbocycles. The molecule has 0 unspecified atom stereocenters. The molecule has 2 aromatic carbocycles. The normalized spacial score (nSPS) is 17.6. The molecule has 2 fully saturated rings. The first kappa shape index (κ1) is 23.9. The number of alkyl halides is 3. The van der Waals surface area contributed by atoms with E-state index >= 15 is 0 Å². The van der Waals surface area contributed by atoms with Gasteiger partial charge in [0.05, 0.1) is 24.3 Å². The van der Waals surface area contributed by atoms with Crippen molar-refractivity contribution in [3.63, 3.8) is 0 Å². The molecular weight excluding hydrogens is 473 g/mol. The third-order valence-corrected chi connectivity index (χ3v) is 7.26. The number of carbonyl (C=O) groups is 2. The number of rotatable bonds is 4. The molecule has 10 heteroatoms. The van der Waals surface area contributed by atoms with Crippen LogP contribution in [0.25, 0.3) is 11.1 Å². The van der Waals surface area contributed by atoms with Crippen molar-refractivity contribution in [3.05, 3.63) is 66.0 Å². The van der Waals surface area contributed by atoms with E-state index in [-0.39, 0.29) is 11.5 Å². The Balaban J connectivity index is 1.29. The number of nitrogens with one attached hydrogen (secondary N) is 1. The lowest BCUT2D eigenvalue weighted by atomic mass is 9.77. The monoisotopic (exact) mass is 498 g/mol. The summed E-state index contributed by atoms with van der Waals surface area (Å²) in [7, 11) is 1.58. The summed E-state index contributed by atoms with van der Waals surface area (Å²) in [6.45, 7) is 1.18. The SMILES string of the molecule is COc1cc(N2CCC3(CCN(C(=O)c4cccc(C(F)(F)F)c4)CC3)C2=O)ccc1-c1cn[nH]c1. The van der Waals surface area contributed by atoms with Gasteiger partial charge in [0.15, 0.2) is 0 Å². The molecule has 7 nitrogen and oxygen atoms in total. The summed E-state index contributed by atoms with van der Waals surface area (Å²) in [6, 6.07) is 10.1. The van der Waals surface area contributed by atoms with E-state index in [4.69, 9.17) is 4.74 Å². The van der Waals surface area contributed by atoms with Crippen molar-refractivity contribution in [2.24, 2.45) is 5.41 Å². The number of likely N-dealkylation sites (tertiary alicyclic amines) is 1. The minimum absolute atomic E-state index is 0.00459. The van der Waals surface area contributed by atoms with Gasteiger partial charge in [0.25, 0.3) is 5.91 Å². The summed E-state index contributed by atoms with van der Waals surface area (Å²) in [5.74, 6) is 0.189. The van der Waals surface area contributed by atoms with Crippen LogP contribution in [0.15, 0.2) is 54.9 Å². The largest absolute Gasteiger partial charge is 0.496 e. The van der Waals surface area contributed by atoms with E-state index in [0.717, 1.165) is 28.9 Å². The van der Waals surface area contributed by atoms with Gasteiger partial charge >= 0.3 is 6.18 Å². The number of anilines is 1. The van der Waals surface area contributed by atoms with Gasteiger partial charge in [0, 0.05) is 54.3 Å². The Hall–Kier alpha value is -3.82. The Morgan fingerprint density at radius 1 is 1.08 bits per heavy atom. The maximum absolute atomic E-state index is 13.5. The Kier molecular flexibility index (Phi) is 5.97. The lowest BCUT2D eigenvalue weighted by Gasteiger charge is -2.38. The standard InChI is InChI=1S/C26H25F3N4O3/c1-36-22-14-20(5-6-21(22)18-15-30-31-16-18)33-12-9-25(24(33)35)7-10-32(11-8-25)23(34)17-3-2-4-19(13-17)26(27,28)29/h2-6,13-16H,7-12H2,1H3,(H,30,31). The molecule has 0 bridgehead atoms. The van der Waals surface area contributed by atoms with Crippen molar-refractivity contribution in [3.8, 4) is 16.9 Å². The highest BCUT2D eigenvalue weighted by Crippen LogP contribution is 2.44. The Morgan fingerprint density at radius 3 is 2.50 bits per heavy atom. The molecule has 3 aromatic rings.